The first-order chi connectivity index (χ1) is 9.04. The number of anilines is 2. The van der Waals surface area contributed by atoms with Gasteiger partial charge in [0.1, 0.15) is 0 Å². The van der Waals surface area contributed by atoms with Gasteiger partial charge in [-0.2, -0.15) is 13.2 Å². The van der Waals surface area contributed by atoms with Crippen molar-refractivity contribution in [3.63, 3.8) is 0 Å². The Kier molecular flexibility index (Phi) is 4.23. The molecule has 1 atom stereocenters. The zero-order chi connectivity index (χ0) is 15.6. The van der Waals surface area contributed by atoms with Crippen LogP contribution >= 0.6 is 0 Å². The highest BCUT2D eigenvalue weighted by Gasteiger charge is 2.53. The van der Waals surface area contributed by atoms with Crippen LogP contribution in [0.25, 0.3) is 0 Å². The molecule has 3 amide bonds. The molecule has 9 heteroatoms. The standard InChI is InChI=1S/C11H13F3N4O2/c1-10(16,11(12,13)14)8(19)17-6-2-4-7(5-3-6)18-9(15)20/h2-5H,16H2,1H3,(H,17,19)(H3,15,18,20). The van der Waals surface area contributed by atoms with Crippen LogP contribution < -0.4 is 22.1 Å². The van der Waals surface area contributed by atoms with Gasteiger partial charge in [-0.25, -0.2) is 4.79 Å². The number of nitrogens with one attached hydrogen (secondary N) is 2. The molecular formula is C11H13F3N4O2. The van der Waals surface area contributed by atoms with Crippen molar-refractivity contribution >= 4 is 23.3 Å². The predicted molar refractivity (Wildman–Crippen MR) is 66.9 cm³/mol. The Morgan fingerprint density at radius 1 is 1.05 bits per heavy atom. The van der Waals surface area contributed by atoms with E-state index in [1.807, 2.05) is 5.32 Å². The molecule has 110 valence electrons. The average molecular weight is 290 g/mol. The van der Waals surface area contributed by atoms with Gasteiger partial charge in [0.15, 0.2) is 5.54 Å². The van der Waals surface area contributed by atoms with Crippen LogP contribution in [0.5, 0.6) is 0 Å². The van der Waals surface area contributed by atoms with E-state index in [4.69, 9.17) is 11.5 Å². The minimum Gasteiger partial charge on any atom is -0.351 e. The highest BCUT2D eigenvalue weighted by Crippen LogP contribution is 2.29. The molecule has 0 spiro atoms. The lowest BCUT2D eigenvalue weighted by Crippen LogP contribution is -2.59. The molecule has 0 aliphatic carbocycles. The summed E-state index contributed by atoms with van der Waals surface area (Å²) in [6.45, 7) is 0.575. The molecule has 0 heterocycles. The van der Waals surface area contributed by atoms with Crippen molar-refractivity contribution in [3.8, 4) is 0 Å². The number of urea groups is 1. The number of rotatable bonds is 3. The van der Waals surface area contributed by atoms with E-state index in [1.54, 1.807) is 0 Å². The van der Waals surface area contributed by atoms with E-state index >= 15 is 0 Å². The summed E-state index contributed by atoms with van der Waals surface area (Å²) < 4.78 is 37.6. The van der Waals surface area contributed by atoms with E-state index in [1.165, 1.54) is 24.3 Å². The third-order valence-electron chi connectivity index (χ3n) is 2.47. The van der Waals surface area contributed by atoms with Gasteiger partial charge in [-0.05, 0) is 31.2 Å². The summed E-state index contributed by atoms with van der Waals surface area (Å²) in [6.07, 6.45) is -4.87. The average Bonchev–Trinajstić information content (AvgIpc) is 2.29. The molecule has 1 aromatic rings. The topological polar surface area (TPSA) is 110 Å². The van der Waals surface area contributed by atoms with Crippen LogP contribution in [-0.2, 0) is 4.79 Å². The lowest BCUT2D eigenvalue weighted by Gasteiger charge is -2.26. The van der Waals surface area contributed by atoms with Crippen molar-refractivity contribution in [1.29, 1.82) is 0 Å². The molecule has 6 N–H and O–H groups in total. The minimum absolute atomic E-state index is 0.103. The second kappa shape index (κ2) is 5.37. The first-order valence-corrected chi connectivity index (χ1v) is 5.37. The van der Waals surface area contributed by atoms with Crippen LogP contribution in [0.1, 0.15) is 6.92 Å². The Bertz CT molecular complexity index is 511. The number of carbonyl (C=O) groups is 2. The zero-order valence-electron chi connectivity index (χ0n) is 10.4. The maximum Gasteiger partial charge on any atom is 0.415 e. The highest BCUT2D eigenvalue weighted by molar-refractivity contribution is 5.98. The minimum atomic E-state index is -4.87. The fraction of sp³-hybridized carbons (Fsp3) is 0.273. The number of carbonyl (C=O) groups excluding carboxylic acids is 2. The van der Waals surface area contributed by atoms with Crippen molar-refractivity contribution in [2.24, 2.45) is 11.5 Å². The summed E-state index contributed by atoms with van der Waals surface area (Å²) in [7, 11) is 0. The summed E-state index contributed by atoms with van der Waals surface area (Å²) in [5.74, 6) is -1.39. The van der Waals surface area contributed by atoms with E-state index in [9.17, 15) is 22.8 Å². The normalized spacial score (nSPS) is 14.2. The van der Waals surface area contributed by atoms with Crippen LogP contribution in [0, 0.1) is 0 Å². The molecule has 0 bridgehead atoms. The molecule has 0 saturated heterocycles. The molecule has 6 nitrogen and oxygen atoms in total. The molecule has 0 aliphatic rings. The van der Waals surface area contributed by atoms with Crippen molar-refractivity contribution in [2.45, 2.75) is 18.6 Å². The van der Waals surface area contributed by atoms with Crippen LogP contribution in [-0.4, -0.2) is 23.7 Å². The van der Waals surface area contributed by atoms with Gasteiger partial charge in [-0.1, -0.05) is 0 Å². The summed E-state index contributed by atoms with van der Waals surface area (Å²) in [6, 6.07) is 4.54. The SMILES string of the molecule is CC(N)(C(=O)Nc1ccc(NC(N)=O)cc1)C(F)(F)F. The van der Waals surface area contributed by atoms with Crippen LogP contribution in [0.15, 0.2) is 24.3 Å². The molecule has 20 heavy (non-hydrogen) atoms. The first-order valence-electron chi connectivity index (χ1n) is 5.37. The fourth-order valence-electron chi connectivity index (χ4n) is 1.17. The smallest absolute Gasteiger partial charge is 0.351 e. The molecule has 0 aliphatic heterocycles. The number of hydrogen-bond donors (Lipinski definition) is 4. The molecule has 0 fully saturated rings. The summed E-state index contributed by atoms with van der Waals surface area (Å²) in [5, 5.41) is 4.30. The molecule has 0 radical (unpaired) electrons. The highest BCUT2D eigenvalue weighted by atomic mass is 19.4. The number of benzene rings is 1. The number of hydrogen-bond acceptors (Lipinski definition) is 3. The maximum atomic E-state index is 12.5. The van der Waals surface area contributed by atoms with Gasteiger partial charge in [0.25, 0.3) is 5.91 Å². The Balaban J connectivity index is 2.79. The zero-order valence-corrected chi connectivity index (χ0v) is 10.4. The number of primary amides is 1. The fourth-order valence-corrected chi connectivity index (χ4v) is 1.17. The first kappa shape index (κ1) is 15.8. The molecule has 1 unspecified atom stereocenters. The van der Waals surface area contributed by atoms with Gasteiger partial charge in [-0.15, -0.1) is 0 Å². The number of halogens is 3. The third-order valence-corrected chi connectivity index (χ3v) is 2.47. The Morgan fingerprint density at radius 2 is 1.45 bits per heavy atom. The van der Waals surface area contributed by atoms with Crippen molar-refractivity contribution in [1.82, 2.24) is 0 Å². The monoisotopic (exact) mass is 290 g/mol. The van der Waals surface area contributed by atoms with Crippen molar-refractivity contribution in [2.75, 3.05) is 10.6 Å². The number of alkyl halides is 3. The maximum absolute atomic E-state index is 12.5. The van der Waals surface area contributed by atoms with Gasteiger partial charge in [-0.3, -0.25) is 4.79 Å². The summed E-state index contributed by atoms with van der Waals surface area (Å²) in [4.78, 5) is 22.1. The lowest BCUT2D eigenvalue weighted by atomic mass is 10.0. The number of amides is 3. The second-order valence-electron chi connectivity index (χ2n) is 4.22. The van der Waals surface area contributed by atoms with E-state index < -0.39 is 23.7 Å². The van der Waals surface area contributed by atoms with Crippen LogP contribution in [0.2, 0.25) is 0 Å². The van der Waals surface area contributed by atoms with Gasteiger partial charge in [0.05, 0.1) is 0 Å². The van der Waals surface area contributed by atoms with Gasteiger partial charge in [0.2, 0.25) is 0 Å². The largest absolute Gasteiger partial charge is 0.415 e. The Labute approximate surface area is 112 Å². The Hall–Kier alpha value is -2.29. The molecular weight excluding hydrogens is 277 g/mol. The summed E-state index contributed by atoms with van der Waals surface area (Å²) >= 11 is 0. The second-order valence-corrected chi connectivity index (χ2v) is 4.22. The molecule has 0 saturated carbocycles. The number of nitrogens with two attached hydrogens (primary N) is 2. The quantitative estimate of drug-likeness (QED) is 0.675. The van der Waals surface area contributed by atoms with Gasteiger partial charge < -0.3 is 22.1 Å². The van der Waals surface area contributed by atoms with E-state index in [0.29, 0.717) is 12.6 Å². The van der Waals surface area contributed by atoms with Crippen molar-refractivity contribution in [3.05, 3.63) is 24.3 Å². The van der Waals surface area contributed by atoms with E-state index in [-0.39, 0.29) is 5.69 Å². The third kappa shape index (κ3) is 3.60. The Morgan fingerprint density at radius 3 is 1.80 bits per heavy atom. The molecule has 1 aromatic carbocycles. The van der Waals surface area contributed by atoms with Crippen molar-refractivity contribution < 1.29 is 22.8 Å². The van der Waals surface area contributed by atoms with Gasteiger partial charge >= 0.3 is 12.2 Å². The van der Waals surface area contributed by atoms with Crippen LogP contribution in [0.3, 0.4) is 0 Å². The summed E-state index contributed by atoms with van der Waals surface area (Å²) in [5.41, 5.74) is 7.29. The lowest BCUT2D eigenvalue weighted by molar-refractivity contribution is -0.184. The predicted octanol–water partition coefficient (Wildman–Crippen LogP) is 1.40. The molecule has 1 rings (SSSR count). The van der Waals surface area contributed by atoms with E-state index in [2.05, 4.69) is 5.32 Å². The molecule has 0 aromatic heterocycles. The van der Waals surface area contributed by atoms with Crippen LogP contribution in [0.4, 0.5) is 29.3 Å². The van der Waals surface area contributed by atoms with Gasteiger partial charge in [0, 0.05) is 11.4 Å². The van der Waals surface area contributed by atoms with E-state index in [0.717, 1.165) is 0 Å².